The van der Waals surface area contributed by atoms with E-state index in [-0.39, 0.29) is 11.6 Å². The number of nitrogens with one attached hydrogen (secondary N) is 1. The van der Waals surface area contributed by atoms with E-state index in [4.69, 9.17) is 12.2 Å². The fraction of sp³-hybridized carbons (Fsp3) is 0.529. The summed E-state index contributed by atoms with van der Waals surface area (Å²) >= 11 is 7.26. The number of benzene rings is 1. The van der Waals surface area contributed by atoms with Gasteiger partial charge in [-0.2, -0.15) is 11.8 Å². The Kier molecular flexibility index (Phi) is 7.30. The lowest BCUT2D eigenvalue weighted by molar-refractivity contribution is 0.101. The van der Waals surface area contributed by atoms with Gasteiger partial charge in [0.15, 0.2) is 10.9 Å². The molecule has 0 aromatic heterocycles. The molecule has 0 radical (unpaired) electrons. The van der Waals surface area contributed by atoms with Crippen LogP contribution in [0.25, 0.3) is 0 Å². The van der Waals surface area contributed by atoms with Crippen LogP contribution in [0.1, 0.15) is 23.7 Å². The molecule has 0 amide bonds. The molecule has 24 heavy (non-hydrogen) atoms. The molecule has 132 valence electrons. The number of nitrogens with zero attached hydrogens (tertiary/aromatic N) is 2. The second-order valence-corrected chi connectivity index (χ2v) is 7.15. The van der Waals surface area contributed by atoms with Crippen LogP contribution < -0.4 is 10.2 Å². The minimum Gasteiger partial charge on any atom is -0.366 e. The van der Waals surface area contributed by atoms with Gasteiger partial charge in [0.05, 0.1) is 5.69 Å². The highest BCUT2D eigenvalue weighted by atomic mass is 32.2. The Morgan fingerprint density at radius 1 is 1.33 bits per heavy atom. The topological polar surface area (TPSA) is 35.6 Å². The van der Waals surface area contributed by atoms with Crippen LogP contribution in [0.15, 0.2) is 18.2 Å². The average Bonchev–Trinajstić information content (AvgIpc) is 2.58. The van der Waals surface area contributed by atoms with Crippen molar-refractivity contribution in [3.05, 3.63) is 29.6 Å². The minimum atomic E-state index is -0.339. The molecule has 1 aliphatic rings. The number of carbonyl (C=O) groups is 1. The van der Waals surface area contributed by atoms with E-state index in [1.165, 1.54) is 13.0 Å². The molecule has 1 heterocycles. The summed E-state index contributed by atoms with van der Waals surface area (Å²) in [7, 11) is 0. The zero-order chi connectivity index (χ0) is 17.5. The Labute approximate surface area is 152 Å². The van der Waals surface area contributed by atoms with E-state index in [2.05, 4.69) is 16.5 Å². The highest BCUT2D eigenvalue weighted by molar-refractivity contribution is 7.98. The van der Waals surface area contributed by atoms with Gasteiger partial charge in [-0.1, -0.05) is 0 Å². The third-order valence-corrected chi connectivity index (χ3v) is 5.16. The first-order valence-corrected chi connectivity index (χ1v) is 9.90. The van der Waals surface area contributed by atoms with Crippen LogP contribution >= 0.6 is 24.0 Å². The molecule has 4 nitrogen and oxygen atoms in total. The quantitative estimate of drug-likeness (QED) is 0.472. The molecule has 1 N–H and O–H groups in total. The smallest absolute Gasteiger partial charge is 0.169 e. The molecule has 0 aliphatic carbocycles. The van der Waals surface area contributed by atoms with Gasteiger partial charge in [-0.15, -0.1) is 0 Å². The summed E-state index contributed by atoms with van der Waals surface area (Å²) in [6.45, 7) is 5.29. The van der Waals surface area contributed by atoms with Crippen molar-refractivity contribution < 1.29 is 9.18 Å². The Morgan fingerprint density at radius 2 is 2.04 bits per heavy atom. The standard InChI is InChI=1S/C17H24FN3OS2/c1-13(22)14-4-5-16(15(18)12-14)20-7-9-21(10-8-20)17(23)19-6-3-11-24-2/h4-5,12H,3,6-11H2,1-2H3,(H,19,23). The van der Waals surface area contributed by atoms with Crippen molar-refractivity contribution in [2.24, 2.45) is 0 Å². The maximum absolute atomic E-state index is 14.2. The van der Waals surface area contributed by atoms with Gasteiger partial charge in [0.2, 0.25) is 0 Å². The number of thiocarbonyl (C=S) groups is 1. The van der Waals surface area contributed by atoms with Crippen molar-refractivity contribution >= 4 is 40.6 Å². The molecule has 1 aromatic carbocycles. The SMILES string of the molecule is CSCCCNC(=S)N1CCN(c2ccc(C(C)=O)cc2F)CC1. The number of thioether (sulfide) groups is 1. The lowest BCUT2D eigenvalue weighted by atomic mass is 10.1. The second-order valence-electron chi connectivity index (χ2n) is 5.77. The number of hydrogen-bond donors (Lipinski definition) is 1. The Morgan fingerprint density at radius 3 is 2.62 bits per heavy atom. The predicted octanol–water partition coefficient (Wildman–Crippen LogP) is 2.78. The van der Waals surface area contributed by atoms with E-state index < -0.39 is 0 Å². The number of halogens is 1. The summed E-state index contributed by atoms with van der Waals surface area (Å²) in [5.74, 6) is 0.663. The lowest BCUT2D eigenvalue weighted by Gasteiger charge is -2.37. The fourth-order valence-corrected chi connectivity index (χ4v) is 3.37. The first-order valence-electron chi connectivity index (χ1n) is 8.10. The normalized spacial score (nSPS) is 14.6. The molecule has 1 aromatic rings. The van der Waals surface area contributed by atoms with E-state index >= 15 is 0 Å². The second kappa shape index (κ2) is 9.22. The number of carbonyl (C=O) groups excluding carboxylic acids is 1. The van der Waals surface area contributed by atoms with Crippen molar-refractivity contribution in [3.8, 4) is 0 Å². The Balaban J connectivity index is 1.86. The summed E-state index contributed by atoms with van der Waals surface area (Å²) in [4.78, 5) is 15.5. The van der Waals surface area contributed by atoms with Gasteiger partial charge in [-0.3, -0.25) is 4.79 Å². The molecule has 0 unspecified atom stereocenters. The van der Waals surface area contributed by atoms with E-state index in [9.17, 15) is 9.18 Å². The van der Waals surface area contributed by atoms with Crippen molar-refractivity contribution in [1.82, 2.24) is 10.2 Å². The van der Waals surface area contributed by atoms with E-state index in [0.717, 1.165) is 36.9 Å². The van der Waals surface area contributed by atoms with Crippen LogP contribution in [0.2, 0.25) is 0 Å². The van der Waals surface area contributed by atoms with E-state index in [1.54, 1.807) is 12.1 Å². The van der Waals surface area contributed by atoms with Gasteiger partial charge in [0, 0.05) is 38.3 Å². The van der Waals surface area contributed by atoms with Gasteiger partial charge in [-0.05, 0) is 55.8 Å². The minimum absolute atomic E-state index is 0.122. The van der Waals surface area contributed by atoms with Crippen molar-refractivity contribution in [3.63, 3.8) is 0 Å². The zero-order valence-corrected chi connectivity index (χ0v) is 15.8. The number of hydrogen-bond acceptors (Lipinski definition) is 4. The lowest BCUT2D eigenvalue weighted by Crippen LogP contribution is -2.52. The molecule has 0 saturated carbocycles. The number of anilines is 1. The van der Waals surface area contributed by atoms with Gasteiger partial charge in [-0.25, -0.2) is 4.39 Å². The predicted molar refractivity (Wildman–Crippen MR) is 104 cm³/mol. The molecule has 0 atom stereocenters. The zero-order valence-electron chi connectivity index (χ0n) is 14.2. The summed E-state index contributed by atoms with van der Waals surface area (Å²) in [6.07, 6.45) is 3.19. The molecule has 1 fully saturated rings. The summed E-state index contributed by atoms with van der Waals surface area (Å²) in [5, 5.41) is 4.07. The number of rotatable bonds is 6. The van der Waals surface area contributed by atoms with Crippen LogP contribution in [0, 0.1) is 5.82 Å². The first kappa shape index (κ1) is 19.0. The largest absolute Gasteiger partial charge is 0.366 e. The fourth-order valence-electron chi connectivity index (χ4n) is 2.66. The first-order chi connectivity index (χ1) is 11.5. The summed E-state index contributed by atoms with van der Waals surface area (Å²) in [6, 6.07) is 4.70. The molecule has 7 heteroatoms. The summed E-state index contributed by atoms with van der Waals surface area (Å²) < 4.78 is 14.2. The van der Waals surface area contributed by atoms with Crippen molar-refractivity contribution in [2.75, 3.05) is 49.6 Å². The maximum atomic E-state index is 14.2. The van der Waals surface area contributed by atoms with Crippen molar-refractivity contribution in [1.29, 1.82) is 0 Å². The van der Waals surface area contributed by atoms with Crippen LogP contribution in [-0.2, 0) is 0 Å². The Bertz CT molecular complexity index is 589. The van der Waals surface area contributed by atoms with Crippen LogP contribution in [-0.4, -0.2) is 60.5 Å². The average molecular weight is 370 g/mol. The maximum Gasteiger partial charge on any atom is 0.169 e. The molecular formula is C17H24FN3OS2. The molecule has 2 rings (SSSR count). The van der Waals surface area contributed by atoms with Crippen LogP contribution in [0.5, 0.6) is 0 Å². The number of Topliss-reactive ketones (excluding diaryl/α,β-unsaturated/α-hetero) is 1. The van der Waals surface area contributed by atoms with Crippen molar-refractivity contribution in [2.45, 2.75) is 13.3 Å². The van der Waals surface area contributed by atoms with Gasteiger partial charge < -0.3 is 15.1 Å². The highest BCUT2D eigenvalue weighted by Gasteiger charge is 2.21. The molecular weight excluding hydrogens is 345 g/mol. The monoisotopic (exact) mass is 369 g/mol. The molecule has 1 saturated heterocycles. The van der Waals surface area contributed by atoms with Gasteiger partial charge >= 0.3 is 0 Å². The third-order valence-electron chi connectivity index (χ3n) is 4.06. The van der Waals surface area contributed by atoms with Gasteiger partial charge in [0.25, 0.3) is 0 Å². The number of ketones is 1. The summed E-state index contributed by atoms with van der Waals surface area (Å²) in [5.41, 5.74) is 0.962. The third kappa shape index (κ3) is 5.08. The van der Waals surface area contributed by atoms with Crippen LogP contribution in [0.4, 0.5) is 10.1 Å². The highest BCUT2D eigenvalue weighted by Crippen LogP contribution is 2.22. The van der Waals surface area contributed by atoms with E-state index in [0.29, 0.717) is 24.3 Å². The molecule has 0 bridgehead atoms. The van der Waals surface area contributed by atoms with Gasteiger partial charge in [0.1, 0.15) is 5.82 Å². The molecule has 0 spiro atoms. The van der Waals surface area contributed by atoms with E-state index in [1.807, 2.05) is 16.7 Å². The number of piperazine rings is 1. The molecule has 1 aliphatic heterocycles. The Hall–Kier alpha value is -1.34. The van der Waals surface area contributed by atoms with Crippen LogP contribution in [0.3, 0.4) is 0 Å².